The molecule has 2 rings (SSSR count). The molecule has 0 radical (unpaired) electrons. The van der Waals surface area contributed by atoms with Gasteiger partial charge in [-0.25, -0.2) is 4.39 Å². The van der Waals surface area contributed by atoms with Crippen LogP contribution in [0.1, 0.15) is 23.2 Å². The van der Waals surface area contributed by atoms with Crippen LogP contribution in [0.3, 0.4) is 0 Å². The summed E-state index contributed by atoms with van der Waals surface area (Å²) >= 11 is 0. The highest BCUT2D eigenvalue weighted by Gasteiger charge is 2.39. The van der Waals surface area contributed by atoms with Crippen LogP contribution in [0, 0.1) is 0 Å². The second-order valence-electron chi connectivity index (χ2n) is 4.49. The predicted octanol–water partition coefficient (Wildman–Crippen LogP) is 2.82. The van der Waals surface area contributed by atoms with E-state index in [-0.39, 0.29) is 12.5 Å². The van der Waals surface area contributed by atoms with Gasteiger partial charge in [0.1, 0.15) is 5.67 Å². The maximum absolute atomic E-state index is 14.2. The van der Waals surface area contributed by atoms with Crippen molar-refractivity contribution in [1.29, 1.82) is 0 Å². The Hall–Kier alpha value is -1.64. The van der Waals surface area contributed by atoms with E-state index in [2.05, 4.69) is 6.58 Å². The van der Waals surface area contributed by atoms with Crippen LogP contribution in [0.25, 0.3) is 0 Å². The predicted molar refractivity (Wildman–Crippen MR) is 65.6 cm³/mol. The van der Waals surface area contributed by atoms with Crippen molar-refractivity contribution < 1.29 is 9.18 Å². The average molecular weight is 233 g/mol. The van der Waals surface area contributed by atoms with Gasteiger partial charge in [-0.05, 0) is 12.1 Å². The summed E-state index contributed by atoms with van der Waals surface area (Å²) in [6.07, 6.45) is 2.29. The van der Waals surface area contributed by atoms with Gasteiger partial charge in [0, 0.05) is 24.9 Å². The summed E-state index contributed by atoms with van der Waals surface area (Å²) in [5.74, 6) is -0.0887. The molecule has 0 spiro atoms. The number of nitrogens with zero attached hydrogens (tertiary/aromatic N) is 1. The fraction of sp³-hybridized carbons (Fsp3) is 0.357. The maximum Gasteiger partial charge on any atom is 0.253 e. The van der Waals surface area contributed by atoms with E-state index >= 15 is 0 Å². The minimum absolute atomic E-state index is 0.0887. The summed E-state index contributed by atoms with van der Waals surface area (Å²) in [6, 6.07) is 9.01. The van der Waals surface area contributed by atoms with Crippen molar-refractivity contribution in [3.63, 3.8) is 0 Å². The molecule has 0 bridgehead atoms. The van der Waals surface area contributed by atoms with E-state index in [0.29, 0.717) is 24.9 Å². The van der Waals surface area contributed by atoms with Crippen LogP contribution < -0.4 is 0 Å². The van der Waals surface area contributed by atoms with Gasteiger partial charge in [0.25, 0.3) is 5.91 Å². The Morgan fingerprint density at radius 2 is 2.18 bits per heavy atom. The van der Waals surface area contributed by atoms with Crippen LogP contribution in [0.2, 0.25) is 0 Å². The standard InChI is InChI=1S/C14H16FNO/c1-2-8-14(15)9-10-16(11-14)13(17)12-6-4-3-5-7-12/h2-7H,1,8-11H2/t14-/m0/s1. The van der Waals surface area contributed by atoms with Gasteiger partial charge in [-0.15, -0.1) is 6.58 Å². The molecular weight excluding hydrogens is 217 g/mol. The summed E-state index contributed by atoms with van der Waals surface area (Å²) in [7, 11) is 0. The van der Waals surface area contributed by atoms with Crippen molar-refractivity contribution in [1.82, 2.24) is 4.90 Å². The Labute approximate surface area is 101 Å². The van der Waals surface area contributed by atoms with Crippen LogP contribution >= 0.6 is 0 Å². The van der Waals surface area contributed by atoms with Crippen LogP contribution in [-0.2, 0) is 0 Å². The van der Waals surface area contributed by atoms with Crippen molar-refractivity contribution in [2.45, 2.75) is 18.5 Å². The summed E-state index contributed by atoms with van der Waals surface area (Å²) in [5.41, 5.74) is -0.665. The van der Waals surface area contributed by atoms with Crippen molar-refractivity contribution >= 4 is 5.91 Å². The maximum atomic E-state index is 14.2. The lowest BCUT2D eigenvalue weighted by molar-refractivity contribution is 0.0753. The molecule has 0 aliphatic carbocycles. The zero-order chi connectivity index (χ0) is 12.3. The number of benzene rings is 1. The molecule has 1 fully saturated rings. The van der Waals surface area contributed by atoms with Gasteiger partial charge in [-0.1, -0.05) is 24.3 Å². The Balaban J connectivity index is 2.06. The minimum Gasteiger partial charge on any atom is -0.335 e. The first-order chi connectivity index (χ1) is 8.14. The van der Waals surface area contributed by atoms with Gasteiger partial charge in [-0.2, -0.15) is 0 Å². The number of halogens is 1. The highest BCUT2D eigenvalue weighted by Crippen LogP contribution is 2.30. The molecule has 1 aromatic rings. The molecule has 1 aliphatic rings. The number of alkyl halides is 1. The molecule has 17 heavy (non-hydrogen) atoms. The highest BCUT2D eigenvalue weighted by molar-refractivity contribution is 5.94. The van der Waals surface area contributed by atoms with E-state index in [1.54, 1.807) is 23.1 Å². The van der Waals surface area contributed by atoms with Gasteiger partial charge in [0.15, 0.2) is 0 Å². The molecule has 1 atom stereocenters. The zero-order valence-electron chi connectivity index (χ0n) is 9.73. The quantitative estimate of drug-likeness (QED) is 0.735. The average Bonchev–Trinajstić information content (AvgIpc) is 2.72. The summed E-state index contributed by atoms with van der Waals surface area (Å²) in [4.78, 5) is 13.7. The number of allylic oxidation sites excluding steroid dienone is 1. The van der Waals surface area contributed by atoms with Crippen LogP contribution in [-0.4, -0.2) is 29.6 Å². The number of likely N-dealkylation sites (tertiary alicyclic amines) is 1. The number of amides is 1. The van der Waals surface area contributed by atoms with Crippen molar-refractivity contribution in [2.75, 3.05) is 13.1 Å². The van der Waals surface area contributed by atoms with Gasteiger partial charge >= 0.3 is 0 Å². The largest absolute Gasteiger partial charge is 0.335 e. The third-order valence-corrected chi connectivity index (χ3v) is 3.12. The Morgan fingerprint density at radius 1 is 1.47 bits per heavy atom. The van der Waals surface area contributed by atoms with Gasteiger partial charge in [0.2, 0.25) is 0 Å². The molecule has 0 aromatic heterocycles. The second-order valence-corrected chi connectivity index (χ2v) is 4.49. The van der Waals surface area contributed by atoms with E-state index in [4.69, 9.17) is 0 Å². The molecule has 0 saturated carbocycles. The minimum atomic E-state index is -1.29. The lowest BCUT2D eigenvalue weighted by Gasteiger charge is -2.19. The summed E-state index contributed by atoms with van der Waals surface area (Å²) in [6.45, 7) is 4.21. The first kappa shape index (κ1) is 11.8. The van der Waals surface area contributed by atoms with Crippen LogP contribution in [0.15, 0.2) is 43.0 Å². The lowest BCUT2D eigenvalue weighted by Crippen LogP contribution is -2.33. The number of rotatable bonds is 3. The molecule has 0 unspecified atom stereocenters. The fourth-order valence-electron chi connectivity index (χ4n) is 2.20. The lowest BCUT2D eigenvalue weighted by atomic mass is 10.0. The number of carbonyl (C=O) groups is 1. The van der Waals surface area contributed by atoms with Gasteiger partial charge < -0.3 is 4.90 Å². The molecule has 1 aliphatic heterocycles. The fourth-order valence-corrected chi connectivity index (χ4v) is 2.20. The monoisotopic (exact) mass is 233 g/mol. The van der Waals surface area contributed by atoms with E-state index in [9.17, 15) is 9.18 Å². The molecule has 1 heterocycles. The first-order valence-corrected chi connectivity index (χ1v) is 5.79. The molecule has 0 N–H and O–H groups in total. The van der Waals surface area contributed by atoms with E-state index in [1.807, 2.05) is 18.2 Å². The highest BCUT2D eigenvalue weighted by atomic mass is 19.1. The van der Waals surface area contributed by atoms with Crippen molar-refractivity contribution in [3.05, 3.63) is 48.6 Å². The summed E-state index contributed by atoms with van der Waals surface area (Å²) < 4.78 is 14.2. The topological polar surface area (TPSA) is 20.3 Å². The zero-order valence-corrected chi connectivity index (χ0v) is 9.73. The molecule has 1 aromatic carbocycles. The third-order valence-electron chi connectivity index (χ3n) is 3.12. The Bertz CT molecular complexity index is 417. The molecule has 3 heteroatoms. The van der Waals surface area contributed by atoms with Crippen molar-refractivity contribution in [3.8, 4) is 0 Å². The normalized spacial score (nSPS) is 23.7. The van der Waals surface area contributed by atoms with E-state index < -0.39 is 5.67 Å². The number of hydrogen-bond donors (Lipinski definition) is 0. The first-order valence-electron chi connectivity index (χ1n) is 5.79. The smallest absolute Gasteiger partial charge is 0.253 e. The Kier molecular flexibility index (Phi) is 3.27. The molecule has 1 saturated heterocycles. The third kappa shape index (κ3) is 2.54. The van der Waals surface area contributed by atoms with Crippen LogP contribution in [0.4, 0.5) is 4.39 Å². The summed E-state index contributed by atoms with van der Waals surface area (Å²) in [5, 5.41) is 0. The number of carbonyl (C=O) groups excluding carboxylic acids is 1. The number of hydrogen-bond acceptors (Lipinski definition) is 1. The SMILES string of the molecule is C=CC[C@]1(F)CCN(C(=O)c2ccccc2)C1. The van der Waals surface area contributed by atoms with E-state index in [1.165, 1.54) is 0 Å². The Morgan fingerprint density at radius 3 is 2.82 bits per heavy atom. The molecule has 2 nitrogen and oxygen atoms in total. The van der Waals surface area contributed by atoms with Crippen molar-refractivity contribution in [2.24, 2.45) is 0 Å². The molecule has 1 amide bonds. The molecular formula is C14H16FNO. The van der Waals surface area contributed by atoms with Gasteiger partial charge in [0.05, 0.1) is 6.54 Å². The molecule has 90 valence electrons. The van der Waals surface area contributed by atoms with Crippen LogP contribution in [0.5, 0.6) is 0 Å². The second kappa shape index (κ2) is 4.70. The van der Waals surface area contributed by atoms with Gasteiger partial charge in [-0.3, -0.25) is 4.79 Å². The van der Waals surface area contributed by atoms with E-state index in [0.717, 1.165) is 0 Å².